The highest BCUT2D eigenvalue weighted by molar-refractivity contribution is 9.10. The Balaban J connectivity index is 1.67. The molecule has 132 valence electrons. The maximum atomic E-state index is 11.7. The van der Waals surface area contributed by atoms with E-state index in [9.17, 15) is 4.79 Å². The molecule has 1 amide bonds. The number of nitrogens with two attached hydrogens (primary N) is 1. The van der Waals surface area contributed by atoms with E-state index < -0.39 is 0 Å². The number of amides is 1. The molecule has 1 unspecified atom stereocenters. The number of piperidine rings is 1. The first-order valence-corrected chi connectivity index (χ1v) is 9.61. The molecule has 3 N–H and O–H groups in total. The van der Waals surface area contributed by atoms with Gasteiger partial charge in [0, 0.05) is 48.6 Å². The van der Waals surface area contributed by atoms with Crippen molar-refractivity contribution in [2.45, 2.75) is 44.7 Å². The van der Waals surface area contributed by atoms with Gasteiger partial charge in [0.1, 0.15) is 5.75 Å². The molecule has 2 aliphatic rings. The minimum absolute atomic E-state index is 0.0507. The maximum absolute atomic E-state index is 11.7. The second-order valence-electron chi connectivity index (χ2n) is 6.61. The van der Waals surface area contributed by atoms with Gasteiger partial charge in [-0.25, -0.2) is 0 Å². The number of hydrogen-bond donors (Lipinski definition) is 2. The molecule has 0 aromatic heterocycles. The standard InChI is InChI=1S/C18H26BrN3O2/c19-15-9-13-5-8-24-18(13)14(10-15)12-22-7-2-1-3-16(22)11-21-17(23)4-6-20/h9-10,16H,1-8,11-12,20H2,(H,21,23). The van der Waals surface area contributed by atoms with Crippen molar-refractivity contribution in [2.75, 3.05) is 26.2 Å². The first-order chi connectivity index (χ1) is 11.7. The molecule has 2 heterocycles. The van der Waals surface area contributed by atoms with E-state index in [1.54, 1.807) is 0 Å². The summed E-state index contributed by atoms with van der Waals surface area (Å²) < 4.78 is 6.98. The Labute approximate surface area is 152 Å². The smallest absolute Gasteiger partial charge is 0.221 e. The number of likely N-dealkylation sites (tertiary alicyclic amines) is 1. The van der Waals surface area contributed by atoms with Gasteiger partial charge in [0.2, 0.25) is 5.91 Å². The Hall–Kier alpha value is -1.11. The average molecular weight is 396 g/mol. The largest absolute Gasteiger partial charge is 0.493 e. The minimum atomic E-state index is 0.0507. The minimum Gasteiger partial charge on any atom is -0.493 e. The lowest BCUT2D eigenvalue weighted by molar-refractivity contribution is -0.121. The van der Waals surface area contributed by atoms with Crippen molar-refractivity contribution in [3.8, 4) is 5.75 Å². The molecule has 3 rings (SSSR count). The predicted octanol–water partition coefficient (Wildman–Crippen LogP) is 2.20. The molecular weight excluding hydrogens is 370 g/mol. The molecule has 0 bridgehead atoms. The summed E-state index contributed by atoms with van der Waals surface area (Å²) in [4.78, 5) is 14.2. The highest BCUT2D eigenvalue weighted by Crippen LogP contribution is 2.34. The Morgan fingerprint density at radius 2 is 2.29 bits per heavy atom. The lowest BCUT2D eigenvalue weighted by Crippen LogP contribution is -2.46. The summed E-state index contributed by atoms with van der Waals surface area (Å²) in [6, 6.07) is 4.71. The number of rotatable bonds is 6. The van der Waals surface area contributed by atoms with Gasteiger partial charge in [-0.15, -0.1) is 0 Å². The van der Waals surface area contributed by atoms with Crippen molar-refractivity contribution in [3.63, 3.8) is 0 Å². The summed E-state index contributed by atoms with van der Waals surface area (Å²) in [6.45, 7) is 3.83. The SMILES string of the molecule is NCCC(=O)NCC1CCCCN1Cc1cc(Br)cc2c1OCC2. The van der Waals surface area contributed by atoms with Crippen LogP contribution < -0.4 is 15.8 Å². The fourth-order valence-electron chi connectivity index (χ4n) is 3.63. The molecule has 5 nitrogen and oxygen atoms in total. The van der Waals surface area contributed by atoms with Gasteiger partial charge < -0.3 is 15.8 Å². The number of halogens is 1. The summed E-state index contributed by atoms with van der Waals surface area (Å²) in [5.41, 5.74) is 7.99. The van der Waals surface area contributed by atoms with Crippen LogP contribution in [0.4, 0.5) is 0 Å². The molecule has 1 aromatic rings. The lowest BCUT2D eigenvalue weighted by Gasteiger charge is -2.36. The molecule has 0 saturated carbocycles. The number of carbonyl (C=O) groups excluding carboxylic acids is 1. The number of hydrogen-bond acceptors (Lipinski definition) is 4. The van der Waals surface area contributed by atoms with Gasteiger partial charge in [-0.3, -0.25) is 9.69 Å². The topological polar surface area (TPSA) is 67.6 Å². The van der Waals surface area contributed by atoms with Crippen LogP contribution in [-0.2, 0) is 17.8 Å². The van der Waals surface area contributed by atoms with Gasteiger partial charge in [-0.2, -0.15) is 0 Å². The number of nitrogens with zero attached hydrogens (tertiary/aromatic N) is 1. The van der Waals surface area contributed by atoms with E-state index in [2.05, 4.69) is 38.3 Å². The molecule has 1 atom stereocenters. The van der Waals surface area contributed by atoms with Gasteiger partial charge in [-0.05, 0) is 37.1 Å². The normalized spacial score (nSPS) is 20.5. The summed E-state index contributed by atoms with van der Waals surface area (Å²) in [7, 11) is 0. The molecule has 0 spiro atoms. The van der Waals surface area contributed by atoms with Gasteiger partial charge >= 0.3 is 0 Å². The maximum Gasteiger partial charge on any atom is 0.221 e. The molecular formula is C18H26BrN3O2. The third-order valence-corrected chi connectivity index (χ3v) is 5.31. The van der Waals surface area contributed by atoms with Gasteiger partial charge in [0.15, 0.2) is 0 Å². The van der Waals surface area contributed by atoms with E-state index in [1.807, 2.05) is 0 Å². The molecule has 0 radical (unpaired) electrons. The van der Waals surface area contributed by atoms with Crippen molar-refractivity contribution in [1.29, 1.82) is 0 Å². The Kier molecular flexibility index (Phi) is 6.14. The molecule has 1 fully saturated rings. The zero-order chi connectivity index (χ0) is 16.9. The first kappa shape index (κ1) is 17.7. The van der Waals surface area contributed by atoms with E-state index in [1.165, 1.54) is 24.0 Å². The fraction of sp³-hybridized carbons (Fsp3) is 0.611. The van der Waals surface area contributed by atoms with Crippen molar-refractivity contribution < 1.29 is 9.53 Å². The summed E-state index contributed by atoms with van der Waals surface area (Å²) in [5.74, 6) is 1.12. The molecule has 24 heavy (non-hydrogen) atoms. The number of benzene rings is 1. The van der Waals surface area contributed by atoms with Crippen molar-refractivity contribution >= 4 is 21.8 Å². The van der Waals surface area contributed by atoms with E-state index in [4.69, 9.17) is 10.5 Å². The zero-order valence-electron chi connectivity index (χ0n) is 14.0. The number of carbonyl (C=O) groups is 1. The summed E-state index contributed by atoms with van der Waals surface area (Å²) in [6.07, 6.45) is 4.95. The molecule has 2 aliphatic heterocycles. The quantitative estimate of drug-likeness (QED) is 0.774. The molecule has 1 aromatic carbocycles. The van der Waals surface area contributed by atoms with Gasteiger partial charge in [-0.1, -0.05) is 22.4 Å². The lowest BCUT2D eigenvalue weighted by atomic mass is 10.00. The van der Waals surface area contributed by atoms with E-state index >= 15 is 0 Å². The van der Waals surface area contributed by atoms with E-state index in [0.29, 0.717) is 25.6 Å². The number of nitrogens with one attached hydrogen (secondary N) is 1. The summed E-state index contributed by atoms with van der Waals surface area (Å²) in [5, 5.41) is 3.03. The fourth-order valence-corrected chi connectivity index (χ4v) is 4.19. The van der Waals surface area contributed by atoms with E-state index in [-0.39, 0.29) is 5.91 Å². The zero-order valence-corrected chi connectivity index (χ0v) is 15.6. The van der Waals surface area contributed by atoms with Crippen LogP contribution in [-0.4, -0.2) is 43.1 Å². The van der Waals surface area contributed by atoms with Crippen molar-refractivity contribution in [1.82, 2.24) is 10.2 Å². The molecule has 1 saturated heterocycles. The average Bonchev–Trinajstić information content (AvgIpc) is 3.03. The first-order valence-electron chi connectivity index (χ1n) is 8.82. The van der Waals surface area contributed by atoms with Crippen LogP contribution in [0.15, 0.2) is 16.6 Å². The third kappa shape index (κ3) is 4.29. The van der Waals surface area contributed by atoms with Crippen LogP contribution in [0.25, 0.3) is 0 Å². The Morgan fingerprint density at radius 3 is 3.12 bits per heavy atom. The van der Waals surface area contributed by atoms with Crippen molar-refractivity contribution in [2.24, 2.45) is 5.73 Å². The van der Waals surface area contributed by atoms with Crippen LogP contribution in [0.2, 0.25) is 0 Å². The number of fused-ring (bicyclic) bond motifs is 1. The van der Waals surface area contributed by atoms with Crippen LogP contribution in [0.1, 0.15) is 36.8 Å². The van der Waals surface area contributed by atoms with Crippen LogP contribution >= 0.6 is 15.9 Å². The molecule has 6 heteroatoms. The highest BCUT2D eigenvalue weighted by atomic mass is 79.9. The third-order valence-electron chi connectivity index (χ3n) is 4.85. The van der Waals surface area contributed by atoms with Crippen LogP contribution in [0.5, 0.6) is 5.75 Å². The monoisotopic (exact) mass is 395 g/mol. The highest BCUT2D eigenvalue weighted by Gasteiger charge is 2.25. The Bertz CT molecular complexity index is 594. The predicted molar refractivity (Wildman–Crippen MR) is 98.1 cm³/mol. The second kappa shape index (κ2) is 8.32. The van der Waals surface area contributed by atoms with E-state index in [0.717, 1.165) is 42.8 Å². The molecule has 0 aliphatic carbocycles. The van der Waals surface area contributed by atoms with Crippen LogP contribution in [0, 0.1) is 0 Å². The second-order valence-corrected chi connectivity index (χ2v) is 7.53. The Morgan fingerprint density at radius 1 is 1.42 bits per heavy atom. The number of ether oxygens (including phenoxy) is 1. The van der Waals surface area contributed by atoms with Gasteiger partial charge in [0.25, 0.3) is 0 Å². The van der Waals surface area contributed by atoms with Crippen molar-refractivity contribution in [3.05, 3.63) is 27.7 Å². The van der Waals surface area contributed by atoms with Gasteiger partial charge in [0.05, 0.1) is 6.61 Å². The summed E-state index contributed by atoms with van der Waals surface area (Å²) >= 11 is 3.62. The van der Waals surface area contributed by atoms with Crippen LogP contribution in [0.3, 0.4) is 0 Å².